The van der Waals surface area contributed by atoms with Crippen LogP contribution < -0.4 is 11.3 Å². The molecule has 2 aromatic rings. The topological polar surface area (TPSA) is 38.0 Å². The van der Waals surface area contributed by atoms with E-state index in [0.717, 1.165) is 10.9 Å². The van der Waals surface area contributed by atoms with Gasteiger partial charge in [-0.2, -0.15) is 0 Å². The molecule has 0 aliphatic carbocycles. The van der Waals surface area contributed by atoms with Crippen molar-refractivity contribution in [2.24, 2.45) is 5.84 Å². The monoisotopic (exact) mass is 304 g/mol. The van der Waals surface area contributed by atoms with Crippen LogP contribution in [0.2, 0.25) is 0 Å². The number of hydrogen-bond acceptors (Lipinski definition) is 2. The maximum absolute atomic E-state index is 5.69. The number of aryl methyl sites for hydroxylation is 1. The Bertz CT molecular complexity index is 525. The van der Waals surface area contributed by atoms with Crippen LogP contribution in [0.4, 0.5) is 0 Å². The number of benzene rings is 2. The predicted molar refractivity (Wildman–Crippen MR) is 79.1 cm³/mol. The van der Waals surface area contributed by atoms with E-state index in [1.54, 1.807) is 0 Å². The van der Waals surface area contributed by atoms with Crippen molar-refractivity contribution in [3.63, 3.8) is 0 Å². The van der Waals surface area contributed by atoms with Crippen molar-refractivity contribution in [1.29, 1.82) is 0 Å². The van der Waals surface area contributed by atoms with E-state index < -0.39 is 0 Å². The Kier molecular flexibility index (Phi) is 4.53. The molecular formula is C15H17BrN2. The molecule has 0 spiro atoms. The Labute approximate surface area is 116 Å². The normalized spacial score (nSPS) is 12.4. The second-order valence-electron chi connectivity index (χ2n) is 4.43. The smallest absolute Gasteiger partial charge is 0.0500 e. The Morgan fingerprint density at radius 1 is 1.17 bits per heavy atom. The first kappa shape index (κ1) is 13.3. The molecule has 0 aliphatic rings. The lowest BCUT2D eigenvalue weighted by molar-refractivity contribution is 0.551. The highest BCUT2D eigenvalue weighted by Crippen LogP contribution is 2.23. The van der Waals surface area contributed by atoms with E-state index in [4.69, 9.17) is 5.84 Å². The van der Waals surface area contributed by atoms with Gasteiger partial charge in [-0.1, -0.05) is 64.0 Å². The summed E-state index contributed by atoms with van der Waals surface area (Å²) < 4.78 is 1.12. The number of nitrogens with one attached hydrogen (secondary N) is 1. The summed E-state index contributed by atoms with van der Waals surface area (Å²) in [7, 11) is 0. The lowest BCUT2D eigenvalue weighted by atomic mass is 9.98. The minimum Gasteiger partial charge on any atom is -0.271 e. The molecule has 2 rings (SSSR count). The molecule has 0 fully saturated rings. The maximum atomic E-state index is 5.69. The second-order valence-corrected chi connectivity index (χ2v) is 5.28. The number of hydrogen-bond donors (Lipinski definition) is 2. The molecule has 0 radical (unpaired) electrons. The molecule has 0 aliphatic heterocycles. The van der Waals surface area contributed by atoms with Crippen LogP contribution in [-0.2, 0) is 6.42 Å². The molecule has 3 N–H and O–H groups in total. The lowest BCUT2D eigenvalue weighted by Gasteiger charge is -2.17. The van der Waals surface area contributed by atoms with Crippen LogP contribution in [0.15, 0.2) is 53.0 Å². The number of rotatable bonds is 4. The van der Waals surface area contributed by atoms with Crippen molar-refractivity contribution in [2.75, 3.05) is 0 Å². The average Bonchev–Trinajstić information content (AvgIpc) is 2.38. The zero-order chi connectivity index (χ0) is 13.0. The molecule has 0 saturated carbocycles. The predicted octanol–water partition coefficient (Wildman–Crippen LogP) is 3.50. The van der Waals surface area contributed by atoms with Crippen molar-refractivity contribution in [3.05, 3.63) is 69.7 Å². The molecule has 0 amide bonds. The Morgan fingerprint density at radius 3 is 2.61 bits per heavy atom. The van der Waals surface area contributed by atoms with E-state index >= 15 is 0 Å². The van der Waals surface area contributed by atoms with Gasteiger partial charge in [0.1, 0.15) is 0 Å². The molecule has 94 valence electrons. The van der Waals surface area contributed by atoms with E-state index in [0.29, 0.717) is 0 Å². The highest BCUT2D eigenvalue weighted by molar-refractivity contribution is 9.10. The fourth-order valence-corrected chi connectivity index (χ4v) is 2.49. The average molecular weight is 305 g/mol. The zero-order valence-electron chi connectivity index (χ0n) is 10.4. The maximum Gasteiger partial charge on any atom is 0.0500 e. The first-order chi connectivity index (χ1) is 8.70. The van der Waals surface area contributed by atoms with Gasteiger partial charge in [0.15, 0.2) is 0 Å². The van der Waals surface area contributed by atoms with Crippen LogP contribution >= 0.6 is 15.9 Å². The molecule has 2 aromatic carbocycles. The van der Waals surface area contributed by atoms with Gasteiger partial charge in [0.25, 0.3) is 0 Å². The third-order valence-corrected chi connectivity index (χ3v) is 3.80. The molecule has 18 heavy (non-hydrogen) atoms. The van der Waals surface area contributed by atoms with E-state index in [-0.39, 0.29) is 6.04 Å². The van der Waals surface area contributed by atoms with Crippen LogP contribution in [-0.4, -0.2) is 0 Å². The molecular weight excluding hydrogens is 288 g/mol. The standard InChI is InChI=1S/C15H17BrN2/c1-11-5-4-7-13(9-11)15(18-17)10-12-6-2-3-8-14(12)16/h2-9,15,18H,10,17H2,1H3. The number of nitrogens with two attached hydrogens (primary N) is 1. The van der Waals surface area contributed by atoms with Gasteiger partial charge in [-0.25, -0.2) is 0 Å². The van der Waals surface area contributed by atoms with Crippen molar-refractivity contribution >= 4 is 15.9 Å². The van der Waals surface area contributed by atoms with Crippen LogP contribution in [0.3, 0.4) is 0 Å². The Morgan fingerprint density at radius 2 is 1.94 bits per heavy atom. The van der Waals surface area contributed by atoms with E-state index in [2.05, 4.69) is 64.7 Å². The summed E-state index contributed by atoms with van der Waals surface area (Å²) in [6.45, 7) is 2.09. The first-order valence-electron chi connectivity index (χ1n) is 5.97. The number of hydrazine groups is 1. The molecule has 1 atom stereocenters. The molecule has 2 nitrogen and oxygen atoms in total. The summed E-state index contributed by atoms with van der Waals surface area (Å²) in [5.74, 6) is 5.69. The Hall–Kier alpha value is -1.16. The van der Waals surface area contributed by atoms with Crippen LogP contribution in [0.25, 0.3) is 0 Å². The van der Waals surface area contributed by atoms with E-state index in [1.165, 1.54) is 16.7 Å². The van der Waals surface area contributed by atoms with Gasteiger partial charge in [-0.15, -0.1) is 0 Å². The summed E-state index contributed by atoms with van der Waals surface area (Å²) in [6.07, 6.45) is 0.862. The quantitative estimate of drug-likeness (QED) is 0.670. The van der Waals surface area contributed by atoms with Crippen LogP contribution in [0, 0.1) is 6.92 Å². The summed E-state index contributed by atoms with van der Waals surface area (Å²) in [5, 5.41) is 0. The van der Waals surface area contributed by atoms with Gasteiger partial charge in [-0.05, 0) is 30.5 Å². The van der Waals surface area contributed by atoms with Gasteiger partial charge in [0.2, 0.25) is 0 Å². The molecule has 1 unspecified atom stereocenters. The number of halogens is 1. The highest BCUT2D eigenvalue weighted by atomic mass is 79.9. The third kappa shape index (κ3) is 3.19. The minimum absolute atomic E-state index is 0.128. The summed E-state index contributed by atoms with van der Waals surface area (Å²) >= 11 is 3.57. The molecule has 0 aromatic heterocycles. The zero-order valence-corrected chi connectivity index (χ0v) is 11.9. The van der Waals surface area contributed by atoms with Crippen molar-refractivity contribution in [3.8, 4) is 0 Å². The highest BCUT2D eigenvalue weighted by Gasteiger charge is 2.12. The molecule has 0 saturated heterocycles. The van der Waals surface area contributed by atoms with Gasteiger partial charge >= 0.3 is 0 Å². The fourth-order valence-electron chi connectivity index (χ4n) is 2.04. The second kappa shape index (κ2) is 6.14. The van der Waals surface area contributed by atoms with Gasteiger partial charge in [0.05, 0.1) is 6.04 Å². The molecule has 3 heteroatoms. The van der Waals surface area contributed by atoms with E-state index in [1.807, 2.05) is 12.1 Å². The fraction of sp³-hybridized carbons (Fsp3) is 0.200. The third-order valence-electron chi connectivity index (χ3n) is 3.03. The van der Waals surface area contributed by atoms with Crippen LogP contribution in [0.5, 0.6) is 0 Å². The first-order valence-corrected chi connectivity index (χ1v) is 6.76. The molecule has 0 heterocycles. The van der Waals surface area contributed by atoms with Crippen molar-refractivity contribution in [2.45, 2.75) is 19.4 Å². The van der Waals surface area contributed by atoms with Gasteiger partial charge < -0.3 is 0 Å². The van der Waals surface area contributed by atoms with Gasteiger partial charge in [0, 0.05) is 4.47 Å². The minimum atomic E-state index is 0.128. The van der Waals surface area contributed by atoms with Crippen LogP contribution in [0.1, 0.15) is 22.7 Å². The Balaban J connectivity index is 2.23. The van der Waals surface area contributed by atoms with Gasteiger partial charge in [-0.3, -0.25) is 11.3 Å². The summed E-state index contributed by atoms with van der Waals surface area (Å²) in [6, 6.07) is 16.8. The lowest BCUT2D eigenvalue weighted by Crippen LogP contribution is -2.29. The van der Waals surface area contributed by atoms with Crippen molar-refractivity contribution < 1.29 is 0 Å². The SMILES string of the molecule is Cc1cccc(C(Cc2ccccc2Br)NN)c1. The van der Waals surface area contributed by atoms with E-state index in [9.17, 15) is 0 Å². The largest absolute Gasteiger partial charge is 0.271 e. The summed E-state index contributed by atoms with van der Waals surface area (Å²) in [5.41, 5.74) is 6.62. The molecule has 0 bridgehead atoms. The summed E-state index contributed by atoms with van der Waals surface area (Å²) in [4.78, 5) is 0. The van der Waals surface area contributed by atoms with Crippen molar-refractivity contribution in [1.82, 2.24) is 5.43 Å².